The van der Waals surface area contributed by atoms with Crippen molar-refractivity contribution in [3.8, 4) is 0 Å². The summed E-state index contributed by atoms with van der Waals surface area (Å²) < 4.78 is 68.4. The SMILES string of the molecule is CCC(C)CCCCCCCCC(=O)OC[C@H](COP(=O)(O)OC[C@H](O)COP(=O)(O)OC[C@@H](COC(=O)CCCCCCCCCCCCCCCC(C)C)OC(=O)CCCCCCCCCCCCCCCC(C)C)OC(=O)CCCCCCCCCC(C)C. The van der Waals surface area contributed by atoms with E-state index in [0.717, 1.165) is 114 Å². The minimum Gasteiger partial charge on any atom is -0.462 e. The van der Waals surface area contributed by atoms with Gasteiger partial charge in [-0.3, -0.25) is 37.3 Å². The normalized spacial score (nSPS) is 14.5. The van der Waals surface area contributed by atoms with Gasteiger partial charge in [0.05, 0.1) is 26.4 Å². The number of hydrogen-bond donors (Lipinski definition) is 3. The molecule has 0 fully saturated rings. The molecule has 19 heteroatoms. The lowest BCUT2D eigenvalue weighted by Gasteiger charge is -2.21. The average Bonchev–Trinajstić information content (AvgIpc) is 1.62. The topological polar surface area (TPSA) is 237 Å². The van der Waals surface area contributed by atoms with E-state index in [2.05, 4.69) is 55.4 Å². The maximum absolute atomic E-state index is 13.1. The van der Waals surface area contributed by atoms with Crippen LogP contribution in [0.25, 0.3) is 0 Å². The van der Waals surface area contributed by atoms with E-state index in [1.807, 2.05) is 0 Å². The van der Waals surface area contributed by atoms with Gasteiger partial charge in [-0.2, -0.15) is 0 Å². The Morgan fingerprint density at radius 1 is 0.304 bits per heavy atom. The highest BCUT2D eigenvalue weighted by Crippen LogP contribution is 2.45. The molecule has 0 rings (SSSR count). The smallest absolute Gasteiger partial charge is 0.462 e. The van der Waals surface area contributed by atoms with Crippen LogP contribution in [0.4, 0.5) is 0 Å². The summed E-state index contributed by atoms with van der Waals surface area (Å²) in [5.74, 6) is 0.877. The molecule has 17 nitrogen and oxygen atoms in total. The molecule has 0 amide bonds. The maximum atomic E-state index is 13.1. The first kappa shape index (κ1) is 90.1. The van der Waals surface area contributed by atoms with Gasteiger partial charge in [-0.1, -0.05) is 312 Å². The summed E-state index contributed by atoms with van der Waals surface area (Å²) in [5.41, 5.74) is 0. The number of aliphatic hydroxyl groups excluding tert-OH is 1. The summed E-state index contributed by atoms with van der Waals surface area (Å²) in [6.07, 6.45) is 45.9. The number of hydrogen-bond acceptors (Lipinski definition) is 15. The van der Waals surface area contributed by atoms with Crippen molar-refractivity contribution < 1.29 is 80.2 Å². The quantitative estimate of drug-likeness (QED) is 0.0222. The highest BCUT2D eigenvalue weighted by Gasteiger charge is 2.30. The number of phosphoric ester groups is 2. The van der Waals surface area contributed by atoms with Gasteiger partial charge in [0.1, 0.15) is 19.3 Å². The summed E-state index contributed by atoms with van der Waals surface area (Å²) in [7, 11) is -9.91. The summed E-state index contributed by atoms with van der Waals surface area (Å²) in [4.78, 5) is 72.6. The van der Waals surface area contributed by atoms with Crippen LogP contribution in [0.3, 0.4) is 0 Å². The molecule has 3 N–H and O–H groups in total. The van der Waals surface area contributed by atoms with E-state index in [1.54, 1.807) is 0 Å². The number of phosphoric acid groups is 2. The van der Waals surface area contributed by atoms with Crippen molar-refractivity contribution >= 4 is 39.5 Å². The predicted molar refractivity (Wildman–Crippen MR) is 372 cm³/mol. The molecule has 0 radical (unpaired) electrons. The van der Waals surface area contributed by atoms with Gasteiger partial charge < -0.3 is 33.8 Å². The maximum Gasteiger partial charge on any atom is 0.472 e. The van der Waals surface area contributed by atoms with Crippen LogP contribution >= 0.6 is 15.6 Å². The highest BCUT2D eigenvalue weighted by atomic mass is 31.2. The number of aliphatic hydroxyl groups is 1. The molecule has 3 unspecified atom stereocenters. The van der Waals surface area contributed by atoms with Crippen molar-refractivity contribution in [1.29, 1.82) is 0 Å². The first-order valence-electron chi connectivity index (χ1n) is 37.7. The molecule has 0 spiro atoms. The minimum absolute atomic E-state index is 0.102. The van der Waals surface area contributed by atoms with Crippen LogP contribution in [0.5, 0.6) is 0 Å². The lowest BCUT2D eigenvalue weighted by molar-refractivity contribution is -0.161. The molecular weight excluding hydrogens is 1210 g/mol. The molecule has 0 saturated heterocycles. The van der Waals surface area contributed by atoms with E-state index in [-0.39, 0.29) is 25.7 Å². The Kier molecular flexibility index (Phi) is 61.3. The van der Waals surface area contributed by atoms with Crippen molar-refractivity contribution in [3.05, 3.63) is 0 Å². The number of ether oxygens (including phenoxy) is 4. The van der Waals surface area contributed by atoms with Crippen LogP contribution in [0.2, 0.25) is 0 Å². The van der Waals surface area contributed by atoms with Crippen LogP contribution < -0.4 is 0 Å². The molecule has 0 aromatic carbocycles. The molecule has 0 aliphatic rings. The first-order chi connectivity index (χ1) is 44.1. The van der Waals surface area contributed by atoms with Crippen molar-refractivity contribution in [2.75, 3.05) is 39.6 Å². The number of unbranched alkanes of at least 4 members (excludes halogenated alkanes) is 35. The fourth-order valence-corrected chi connectivity index (χ4v) is 12.6. The Hall–Kier alpha value is -1.94. The van der Waals surface area contributed by atoms with E-state index in [9.17, 15) is 43.2 Å². The molecule has 0 aliphatic heterocycles. The molecule has 546 valence electrons. The second-order valence-corrected chi connectivity index (χ2v) is 30.9. The molecule has 0 aromatic heterocycles. The zero-order valence-electron chi connectivity index (χ0n) is 60.2. The van der Waals surface area contributed by atoms with Crippen molar-refractivity contribution in [2.24, 2.45) is 23.7 Å². The van der Waals surface area contributed by atoms with Gasteiger partial charge in [0, 0.05) is 25.7 Å². The fraction of sp³-hybridized carbons (Fsp3) is 0.945. The molecule has 0 heterocycles. The Morgan fingerprint density at radius 3 is 0.772 bits per heavy atom. The van der Waals surface area contributed by atoms with Gasteiger partial charge >= 0.3 is 39.5 Å². The van der Waals surface area contributed by atoms with Crippen LogP contribution in [-0.4, -0.2) is 96.7 Å². The first-order valence-corrected chi connectivity index (χ1v) is 40.7. The van der Waals surface area contributed by atoms with Crippen LogP contribution in [0, 0.1) is 23.7 Å². The average molecular weight is 1350 g/mol. The molecule has 6 atom stereocenters. The van der Waals surface area contributed by atoms with Crippen LogP contribution in [-0.2, 0) is 65.4 Å². The van der Waals surface area contributed by atoms with Gasteiger partial charge in [0.2, 0.25) is 0 Å². The molecule has 0 aromatic rings. The Balaban J connectivity index is 5.24. The molecule has 0 aliphatic carbocycles. The second kappa shape index (κ2) is 62.6. The zero-order chi connectivity index (χ0) is 68.2. The van der Waals surface area contributed by atoms with E-state index in [1.165, 1.54) is 161 Å². The fourth-order valence-electron chi connectivity index (χ4n) is 11.0. The molecular formula is C73H142O17P2. The van der Waals surface area contributed by atoms with Gasteiger partial charge in [0.25, 0.3) is 0 Å². The molecule has 0 saturated carbocycles. The van der Waals surface area contributed by atoms with Crippen molar-refractivity contribution in [3.63, 3.8) is 0 Å². The summed E-state index contributed by atoms with van der Waals surface area (Å²) >= 11 is 0. The van der Waals surface area contributed by atoms with E-state index in [4.69, 9.17) is 37.0 Å². The summed E-state index contributed by atoms with van der Waals surface area (Å²) in [6.45, 7) is 14.1. The van der Waals surface area contributed by atoms with Crippen LogP contribution in [0.15, 0.2) is 0 Å². The van der Waals surface area contributed by atoms with E-state index in [0.29, 0.717) is 31.6 Å². The monoisotopic (exact) mass is 1350 g/mol. The largest absolute Gasteiger partial charge is 0.472 e. The van der Waals surface area contributed by atoms with E-state index >= 15 is 0 Å². The van der Waals surface area contributed by atoms with Gasteiger partial charge in [-0.05, 0) is 49.4 Å². The van der Waals surface area contributed by atoms with Gasteiger partial charge in [-0.15, -0.1) is 0 Å². The lowest BCUT2D eigenvalue weighted by Crippen LogP contribution is -2.30. The lowest BCUT2D eigenvalue weighted by atomic mass is 10.00. The van der Waals surface area contributed by atoms with Crippen LogP contribution in [0.1, 0.15) is 364 Å². The zero-order valence-corrected chi connectivity index (χ0v) is 62.0. The molecule has 92 heavy (non-hydrogen) atoms. The number of rotatable bonds is 70. The number of carbonyl (C=O) groups is 4. The highest BCUT2D eigenvalue weighted by molar-refractivity contribution is 7.47. The summed E-state index contributed by atoms with van der Waals surface area (Å²) in [5, 5.41) is 10.6. The Labute approximate surface area is 562 Å². The van der Waals surface area contributed by atoms with Crippen molar-refractivity contribution in [1.82, 2.24) is 0 Å². The standard InChI is InChI=1S/C73H142O17P2/c1-9-66(8)52-44-36-31-32-38-46-54-71(76)84-60-69(90-73(78)56-48-40-30-24-27-35-43-51-65(6)7)62-88-92(81,82)86-58-67(74)57-85-91(79,80)87-61-68(89-72(77)55-47-39-29-23-19-15-11-13-17-21-26-34-42-50-64(4)5)59-83-70(75)53-45-37-28-22-18-14-10-12-16-20-25-33-41-49-63(2)3/h63-69,74H,9-62H2,1-8H3,(H,79,80)(H,81,82)/t66?,67-,68-,69-/m1/s1. The van der Waals surface area contributed by atoms with Gasteiger partial charge in [-0.25, -0.2) is 9.13 Å². The Morgan fingerprint density at radius 2 is 0.522 bits per heavy atom. The Bertz CT molecular complexity index is 1820. The van der Waals surface area contributed by atoms with Gasteiger partial charge in [0.15, 0.2) is 12.2 Å². The van der Waals surface area contributed by atoms with E-state index < -0.39 is 97.5 Å². The minimum atomic E-state index is -4.96. The second-order valence-electron chi connectivity index (χ2n) is 28.0. The summed E-state index contributed by atoms with van der Waals surface area (Å²) in [6, 6.07) is 0. The third-order valence-electron chi connectivity index (χ3n) is 17.2. The third-order valence-corrected chi connectivity index (χ3v) is 19.1. The third kappa shape index (κ3) is 65.4. The number of esters is 4. The predicted octanol–water partition coefficient (Wildman–Crippen LogP) is 20.9. The molecule has 0 bridgehead atoms. The number of carbonyl (C=O) groups excluding carboxylic acids is 4. The van der Waals surface area contributed by atoms with Crippen molar-refractivity contribution in [2.45, 2.75) is 382 Å².